The second-order valence-electron chi connectivity index (χ2n) is 6.10. The molecule has 0 aliphatic carbocycles. The van der Waals surface area contributed by atoms with Crippen LogP contribution in [0.4, 0.5) is 5.69 Å². The third-order valence-corrected chi connectivity index (χ3v) is 4.50. The van der Waals surface area contributed by atoms with Crippen LogP contribution in [0.5, 0.6) is 17.2 Å². The predicted molar refractivity (Wildman–Crippen MR) is 95.3 cm³/mol. The SMILES string of the molecule is COc1cc2c(c(OC)c1OC)[C@@H](c1ccc([N+](=O)[O-])cc1)O[C@@H](C)C2. The molecule has 2 atom stereocenters. The van der Waals surface area contributed by atoms with E-state index >= 15 is 0 Å². The Bertz CT molecular complexity index is 818. The Morgan fingerprint density at radius 3 is 2.27 bits per heavy atom. The molecular formula is C19H21NO6. The number of benzene rings is 2. The lowest BCUT2D eigenvalue weighted by Gasteiger charge is -2.33. The molecule has 26 heavy (non-hydrogen) atoms. The Balaban J connectivity index is 2.17. The van der Waals surface area contributed by atoms with Crippen molar-refractivity contribution in [1.29, 1.82) is 0 Å². The van der Waals surface area contributed by atoms with Gasteiger partial charge >= 0.3 is 0 Å². The van der Waals surface area contributed by atoms with Gasteiger partial charge in [-0.3, -0.25) is 10.1 Å². The molecule has 0 amide bonds. The van der Waals surface area contributed by atoms with Crippen molar-refractivity contribution in [3.63, 3.8) is 0 Å². The van der Waals surface area contributed by atoms with E-state index in [-0.39, 0.29) is 11.8 Å². The molecule has 2 aromatic rings. The molecule has 0 saturated carbocycles. The van der Waals surface area contributed by atoms with Crippen LogP contribution in [-0.4, -0.2) is 32.4 Å². The lowest BCUT2D eigenvalue weighted by Crippen LogP contribution is -2.25. The molecule has 0 radical (unpaired) electrons. The van der Waals surface area contributed by atoms with E-state index in [9.17, 15) is 10.1 Å². The van der Waals surface area contributed by atoms with Crippen LogP contribution in [-0.2, 0) is 11.2 Å². The number of nitro benzene ring substituents is 1. The monoisotopic (exact) mass is 359 g/mol. The number of rotatable bonds is 5. The van der Waals surface area contributed by atoms with Gasteiger partial charge in [0.1, 0.15) is 6.10 Å². The predicted octanol–water partition coefficient (Wildman–Crippen LogP) is 3.67. The van der Waals surface area contributed by atoms with Crippen molar-refractivity contribution in [3.05, 3.63) is 57.1 Å². The third-order valence-electron chi connectivity index (χ3n) is 4.50. The van der Waals surface area contributed by atoms with Crippen molar-refractivity contribution >= 4 is 5.69 Å². The highest BCUT2D eigenvalue weighted by Gasteiger charge is 2.33. The molecule has 0 N–H and O–H groups in total. The molecule has 0 saturated heterocycles. The van der Waals surface area contributed by atoms with Gasteiger partial charge in [0.05, 0.1) is 32.4 Å². The molecule has 3 rings (SSSR count). The topological polar surface area (TPSA) is 80.1 Å². The summed E-state index contributed by atoms with van der Waals surface area (Å²) in [5.74, 6) is 1.65. The molecule has 0 unspecified atom stereocenters. The highest BCUT2D eigenvalue weighted by molar-refractivity contribution is 5.62. The number of fused-ring (bicyclic) bond motifs is 1. The summed E-state index contributed by atoms with van der Waals surface area (Å²) in [4.78, 5) is 10.5. The number of hydrogen-bond acceptors (Lipinski definition) is 6. The first-order valence-corrected chi connectivity index (χ1v) is 8.21. The average molecular weight is 359 g/mol. The van der Waals surface area contributed by atoms with Crippen LogP contribution in [0, 0.1) is 10.1 Å². The van der Waals surface area contributed by atoms with Crippen molar-refractivity contribution in [2.75, 3.05) is 21.3 Å². The molecule has 0 aromatic heterocycles. The average Bonchev–Trinajstić information content (AvgIpc) is 2.65. The van der Waals surface area contributed by atoms with Gasteiger partial charge in [-0.2, -0.15) is 0 Å². The van der Waals surface area contributed by atoms with Gasteiger partial charge in [0.15, 0.2) is 11.5 Å². The summed E-state index contributed by atoms with van der Waals surface area (Å²) < 4.78 is 22.7. The maximum absolute atomic E-state index is 10.9. The van der Waals surface area contributed by atoms with Crippen molar-refractivity contribution in [2.45, 2.75) is 25.6 Å². The molecule has 2 aromatic carbocycles. The maximum Gasteiger partial charge on any atom is 0.269 e. The molecule has 0 fully saturated rings. The van der Waals surface area contributed by atoms with Crippen molar-refractivity contribution in [3.8, 4) is 17.2 Å². The van der Waals surface area contributed by atoms with Gasteiger partial charge in [-0.05, 0) is 42.7 Å². The van der Waals surface area contributed by atoms with E-state index in [0.29, 0.717) is 23.7 Å². The molecule has 1 aliphatic heterocycles. The van der Waals surface area contributed by atoms with Gasteiger partial charge in [0, 0.05) is 17.7 Å². The van der Waals surface area contributed by atoms with E-state index < -0.39 is 11.0 Å². The Morgan fingerprint density at radius 2 is 1.73 bits per heavy atom. The Hall–Kier alpha value is -2.80. The zero-order chi connectivity index (χ0) is 18.8. The fourth-order valence-electron chi connectivity index (χ4n) is 3.36. The fraction of sp³-hybridized carbons (Fsp3) is 0.368. The van der Waals surface area contributed by atoms with Crippen LogP contribution in [0.2, 0.25) is 0 Å². The van der Waals surface area contributed by atoms with Crippen LogP contribution in [0.25, 0.3) is 0 Å². The van der Waals surface area contributed by atoms with Crippen molar-refractivity contribution in [2.24, 2.45) is 0 Å². The lowest BCUT2D eigenvalue weighted by molar-refractivity contribution is -0.384. The van der Waals surface area contributed by atoms with Gasteiger partial charge in [-0.25, -0.2) is 0 Å². The molecule has 1 aliphatic rings. The molecule has 0 bridgehead atoms. The van der Waals surface area contributed by atoms with Gasteiger partial charge in [0.25, 0.3) is 5.69 Å². The Labute approximate surface area is 151 Å². The van der Waals surface area contributed by atoms with E-state index in [1.54, 1.807) is 33.5 Å². The zero-order valence-electron chi connectivity index (χ0n) is 15.1. The molecule has 0 spiro atoms. The smallest absolute Gasteiger partial charge is 0.269 e. The summed E-state index contributed by atoms with van der Waals surface area (Å²) in [5.41, 5.74) is 2.75. The first-order chi connectivity index (χ1) is 12.5. The van der Waals surface area contributed by atoms with Gasteiger partial charge < -0.3 is 18.9 Å². The summed E-state index contributed by atoms with van der Waals surface area (Å²) in [7, 11) is 4.71. The normalized spacial score (nSPS) is 18.8. The maximum atomic E-state index is 10.9. The summed E-state index contributed by atoms with van der Waals surface area (Å²) in [6, 6.07) is 8.31. The number of methoxy groups -OCH3 is 3. The van der Waals surface area contributed by atoms with E-state index in [0.717, 1.165) is 16.7 Å². The third kappa shape index (κ3) is 3.06. The van der Waals surface area contributed by atoms with Gasteiger partial charge in [-0.15, -0.1) is 0 Å². The van der Waals surface area contributed by atoms with E-state index in [2.05, 4.69) is 0 Å². The van der Waals surface area contributed by atoms with Crippen LogP contribution in [0.3, 0.4) is 0 Å². The van der Waals surface area contributed by atoms with Crippen LogP contribution in [0.15, 0.2) is 30.3 Å². The Morgan fingerprint density at radius 1 is 1.08 bits per heavy atom. The Kier molecular flexibility index (Phi) is 4.99. The largest absolute Gasteiger partial charge is 0.493 e. The van der Waals surface area contributed by atoms with Gasteiger partial charge in [-0.1, -0.05) is 0 Å². The van der Waals surface area contributed by atoms with Crippen LogP contribution < -0.4 is 14.2 Å². The summed E-state index contributed by atoms with van der Waals surface area (Å²) in [5, 5.41) is 10.9. The van der Waals surface area contributed by atoms with Crippen molar-refractivity contribution < 1.29 is 23.9 Å². The number of non-ortho nitro benzene ring substituents is 1. The fourth-order valence-corrected chi connectivity index (χ4v) is 3.36. The second-order valence-corrected chi connectivity index (χ2v) is 6.10. The molecule has 1 heterocycles. The summed E-state index contributed by atoms with van der Waals surface area (Å²) in [6.45, 7) is 1.99. The minimum atomic E-state index is -0.420. The summed E-state index contributed by atoms with van der Waals surface area (Å²) in [6.07, 6.45) is 0.269. The van der Waals surface area contributed by atoms with E-state index in [4.69, 9.17) is 18.9 Å². The van der Waals surface area contributed by atoms with Crippen molar-refractivity contribution in [1.82, 2.24) is 0 Å². The quantitative estimate of drug-likeness (QED) is 0.598. The lowest BCUT2D eigenvalue weighted by atomic mass is 9.89. The standard InChI is InChI=1S/C19H21NO6/c1-11-9-13-10-15(23-2)18(24-3)19(25-4)16(13)17(26-11)12-5-7-14(8-6-12)20(21)22/h5-8,10-11,17H,9H2,1-4H3/t11-,17+/m0/s1. The van der Waals surface area contributed by atoms with E-state index in [1.807, 2.05) is 13.0 Å². The van der Waals surface area contributed by atoms with Crippen LogP contribution in [0.1, 0.15) is 29.7 Å². The molecule has 7 nitrogen and oxygen atoms in total. The number of hydrogen-bond donors (Lipinski definition) is 0. The molecular weight excluding hydrogens is 338 g/mol. The highest BCUT2D eigenvalue weighted by atomic mass is 16.6. The van der Waals surface area contributed by atoms with Gasteiger partial charge in [0.2, 0.25) is 5.75 Å². The number of ether oxygens (including phenoxy) is 4. The summed E-state index contributed by atoms with van der Waals surface area (Å²) >= 11 is 0. The first kappa shape index (κ1) is 18.0. The molecule has 138 valence electrons. The number of nitro groups is 1. The minimum absolute atomic E-state index is 0.0227. The zero-order valence-corrected chi connectivity index (χ0v) is 15.1. The highest BCUT2D eigenvalue weighted by Crippen LogP contribution is 2.49. The number of nitrogens with zero attached hydrogens (tertiary/aromatic N) is 1. The molecule has 7 heteroatoms. The minimum Gasteiger partial charge on any atom is -0.493 e. The van der Waals surface area contributed by atoms with E-state index in [1.165, 1.54) is 12.1 Å². The first-order valence-electron chi connectivity index (χ1n) is 8.21. The van der Waals surface area contributed by atoms with Crippen LogP contribution >= 0.6 is 0 Å². The second kappa shape index (κ2) is 7.21.